The highest BCUT2D eigenvalue weighted by molar-refractivity contribution is 6.82. The highest BCUT2D eigenvalue weighted by atomic mass is 35.6. The second-order valence-corrected chi connectivity index (χ2v) is 13.6. The van der Waals surface area contributed by atoms with Gasteiger partial charge in [-0.15, -0.1) is 0 Å². The molecule has 0 spiro atoms. The van der Waals surface area contributed by atoms with Crippen molar-refractivity contribution in [1.82, 2.24) is 0 Å². The monoisotopic (exact) mass is 603 g/mol. The SMILES string of the molecule is ClC(Cl)(Cl)C(Cl)(Cl)C(Cl)(Cl)C(Cl)(Cl)C(Cl)(Cl)C(Cl)(Cl)c1[c]cccc1. The first-order valence-corrected chi connectivity index (χ1v) is 10.7. The Labute approximate surface area is 210 Å². The van der Waals surface area contributed by atoms with Gasteiger partial charge in [0.25, 0.3) is 0 Å². The van der Waals surface area contributed by atoms with Crippen LogP contribution in [-0.4, -0.2) is 21.1 Å². The van der Waals surface area contributed by atoms with Crippen LogP contribution in [0.2, 0.25) is 0 Å². The van der Waals surface area contributed by atoms with Crippen molar-refractivity contribution in [2.45, 2.75) is 25.5 Å². The average Bonchev–Trinajstić information content (AvgIpc) is 2.46. The van der Waals surface area contributed by atoms with Crippen molar-refractivity contribution in [2.24, 2.45) is 0 Å². The highest BCUT2D eigenvalue weighted by Gasteiger charge is 2.76. The Morgan fingerprint density at radius 2 is 1.00 bits per heavy atom. The summed E-state index contributed by atoms with van der Waals surface area (Å²) in [7, 11) is 0. The minimum Gasteiger partial charge on any atom is -0.0946 e. The van der Waals surface area contributed by atoms with Gasteiger partial charge in [0.05, 0.1) is 0 Å². The first-order valence-electron chi connectivity index (χ1n) is 5.78. The van der Waals surface area contributed by atoms with Gasteiger partial charge in [-0.2, -0.15) is 0 Å². The molecular formula is C12H4Cl13. The van der Waals surface area contributed by atoms with Gasteiger partial charge < -0.3 is 0 Å². The van der Waals surface area contributed by atoms with Crippen molar-refractivity contribution in [3.63, 3.8) is 0 Å². The van der Waals surface area contributed by atoms with E-state index < -0.39 is 25.5 Å². The molecule has 0 nitrogen and oxygen atoms in total. The summed E-state index contributed by atoms with van der Waals surface area (Å²) in [5, 5.41) is 0. The summed E-state index contributed by atoms with van der Waals surface area (Å²) in [4.78, 5) is 0. The van der Waals surface area contributed by atoms with Gasteiger partial charge in [0.1, 0.15) is 0 Å². The molecule has 0 aromatic heterocycles. The van der Waals surface area contributed by atoms with Crippen molar-refractivity contribution >= 4 is 151 Å². The predicted molar refractivity (Wildman–Crippen MR) is 117 cm³/mol. The van der Waals surface area contributed by atoms with Crippen LogP contribution in [0, 0.1) is 6.07 Å². The number of hydrogen-bond acceptors (Lipinski definition) is 0. The van der Waals surface area contributed by atoms with Gasteiger partial charge in [-0.25, -0.2) is 0 Å². The van der Waals surface area contributed by atoms with Gasteiger partial charge in [0, 0.05) is 0 Å². The topological polar surface area (TPSA) is 0 Å². The molecule has 1 rings (SSSR count). The Morgan fingerprint density at radius 1 is 0.560 bits per heavy atom. The molecule has 25 heavy (non-hydrogen) atoms. The Hall–Kier alpha value is 2.99. The van der Waals surface area contributed by atoms with E-state index in [-0.39, 0.29) is 5.56 Å². The van der Waals surface area contributed by atoms with Crippen LogP contribution < -0.4 is 0 Å². The Bertz CT molecular complexity index is 599. The third kappa shape index (κ3) is 4.39. The number of hydrogen-bond donors (Lipinski definition) is 0. The molecule has 143 valence electrons. The molecule has 1 radical (unpaired) electrons. The van der Waals surface area contributed by atoms with Crippen LogP contribution in [0.4, 0.5) is 0 Å². The number of benzene rings is 1. The summed E-state index contributed by atoms with van der Waals surface area (Å²) < 4.78 is -15.1. The Kier molecular flexibility index (Phi) is 8.60. The lowest BCUT2D eigenvalue weighted by molar-refractivity contribution is 0.501. The van der Waals surface area contributed by atoms with E-state index in [1.165, 1.54) is 12.1 Å². The third-order valence-electron chi connectivity index (χ3n) is 2.98. The van der Waals surface area contributed by atoms with E-state index in [9.17, 15) is 0 Å². The van der Waals surface area contributed by atoms with Gasteiger partial charge in [-0.1, -0.05) is 175 Å². The van der Waals surface area contributed by atoms with E-state index in [0.717, 1.165) is 0 Å². The van der Waals surface area contributed by atoms with E-state index in [1.807, 2.05) is 0 Å². The minimum absolute atomic E-state index is 0.0989. The van der Waals surface area contributed by atoms with Crippen LogP contribution in [-0.2, 0) is 4.33 Å². The fraction of sp³-hybridized carbons (Fsp3) is 0.500. The van der Waals surface area contributed by atoms with E-state index in [2.05, 4.69) is 6.07 Å². The molecular weight excluding hydrogens is 605 g/mol. The molecule has 0 saturated heterocycles. The zero-order valence-corrected chi connectivity index (χ0v) is 21.1. The summed E-state index contributed by atoms with van der Waals surface area (Å²) in [5.41, 5.74) is 0.0989. The molecule has 0 saturated carbocycles. The third-order valence-corrected chi connectivity index (χ3v) is 11.5. The summed E-state index contributed by atoms with van der Waals surface area (Å²) in [5.74, 6) is 0. The molecule has 0 aliphatic carbocycles. The van der Waals surface area contributed by atoms with Crippen LogP contribution >= 0.6 is 151 Å². The van der Waals surface area contributed by atoms with Crippen molar-refractivity contribution in [2.75, 3.05) is 0 Å². The van der Waals surface area contributed by atoms with Crippen molar-refractivity contribution < 1.29 is 0 Å². The molecule has 0 N–H and O–H groups in total. The van der Waals surface area contributed by atoms with Gasteiger partial charge >= 0.3 is 0 Å². The van der Waals surface area contributed by atoms with Crippen LogP contribution in [0.5, 0.6) is 0 Å². The molecule has 0 amide bonds. The molecule has 0 heterocycles. The smallest absolute Gasteiger partial charge is 0.0946 e. The fourth-order valence-corrected chi connectivity index (χ4v) is 5.25. The fourth-order valence-electron chi connectivity index (χ4n) is 1.53. The molecule has 13 heteroatoms. The lowest BCUT2D eigenvalue weighted by Crippen LogP contribution is -2.65. The molecule has 0 aliphatic rings. The van der Waals surface area contributed by atoms with E-state index in [4.69, 9.17) is 151 Å². The standard InChI is InChI=1S/C12H4Cl13/c13-7(14,6-4-2-1-3-5-6)8(15,16)9(17,18)10(19,20)11(21,22)12(23,24)25/h1-4H. The second-order valence-electron chi connectivity index (χ2n) is 4.65. The first kappa shape index (κ1) is 26.0. The maximum atomic E-state index is 6.31. The van der Waals surface area contributed by atoms with Crippen molar-refractivity contribution in [3.8, 4) is 0 Å². The van der Waals surface area contributed by atoms with Crippen LogP contribution in [0.3, 0.4) is 0 Å². The van der Waals surface area contributed by atoms with Gasteiger partial charge in [-0.05, 0) is 11.6 Å². The van der Waals surface area contributed by atoms with Gasteiger partial charge in [0.15, 0.2) is 17.3 Å². The molecule has 0 aliphatic heterocycles. The van der Waals surface area contributed by atoms with Crippen LogP contribution in [0.15, 0.2) is 24.3 Å². The predicted octanol–water partition coefficient (Wildman–Crippen LogP) is 9.18. The molecule has 0 unspecified atom stereocenters. The van der Waals surface area contributed by atoms with Crippen molar-refractivity contribution in [1.29, 1.82) is 0 Å². The molecule has 0 bridgehead atoms. The number of alkyl halides is 13. The maximum Gasteiger partial charge on any atom is 0.226 e. The van der Waals surface area contributed by atoms with Gasteiger partial charge in [-0.3, -0.25) is 0 Å². The number of rotatable bonds is 5. The van der Waals surface area contributed by atoms with Gasteiger partial charge in [0.2, 0.25) is 8.13 Å². The normalized spacial score (nSPS) is 15.4. The summed E-state index contributed by atoms with van der Waals surface area (Å²) >= 11 is 79.2. The highest BCUT2D eigenvalue weighted by Crippen LogP contribution is 2.70. The first-order chi connectivity index (χ1) is 10.9. The van der Waals surface area contributed by atoms with Crippen molar-refractivity contribution in [3.05, 3.63) is 35.9 Å². The molecule has 0 fully saturated rings. The zero-order valence-electron chi connectivity index (χ0n) is 11.2. The van der Waals surface area contributed by atoms with Crippen LogP contribution in [0.25, 0.3) is 0 Å². The Balaban J connectivity index is 3.54. The maximum absolute atomic E-state index is 6.31. The Morgan fingerprint density at radius 3 is 1.36 bits per heavy atom. The molecule has 1 aromatic carbocycles. The quantitative estimate of drug-likeness (QED) is 0.292. The average molecular weight is 609 g/mol. The second kappa shape index (κ2) is 8.26. The summed E-state index contributed by atoms with van der Waals surface area (Å²) in [6.07, 6.45) is 0. The minimum atomic E-state index is -2.69. The van der Waals surface area contributed by atoms with E-state index in [0.29, 0.717) is 0 Å². The van der Waals surface area contributed by atoms with E-state index >= 15 is 0 Å². The lowest BCUT2D eigenvalue weighted by atomic mass is 10.0. The van der Waals surface area contributed by atoms with Crippen LogP contribution in [0.1, 0.15) is 5.56 Å². The lowest BCUT2D eigenvalue weighted by Gasteiger charge is -2.50. The molecule has 0 atom stereocenters. The number of halogens is 13. The summed E-state index contributed by atoms with van der Waals surface area (Å²) in [6.45, 7) is 0. The summed E-state index contributed by atoms with van der Waals surface area (Å²) in [6, 6.07) is 8.90. The zero-order chi connectivity index (χ0) is 20.1. The molecule has 1 aromatic rings. The van der Waals surface area contributed by atoms with E-state index in [1.54, 1.807) is 12.1 Å². The largest absolute Gasteiger partial charge is 0.226 e.